The summed E-state index contributed by atoms with van der Waals surface area (Å²) < 4.78 is 0. The molecule has 0 spiro atoms. The van der Waals surface area contributed by atoms with E-state index in [-0.39, 0.29) is 0 Å². The maximum absolute atomic E-state index is 4.72. The third kappa shape index (κ3) is 1.98. The fourth-order valence-corrected chi connectivity index (χ4v) is 3.59. The molecule has 3 heteroatoms. The Labute approximate surface area is 113 Å². The van der Waals surface area contributed by atoms with Crippen LogP contribution in [0.1, 0.15) is 19.3 Å². The molecular weight excluding hydrogens is 234 g/mol. The van der Waals surface area contributed by atoms with E-state index in [0.29, 0.717) is 6.04 Å². The van der Waals surface area contributed by atoms with Gasteiger partial charge in [-0.3, -0.25) is 4.90 Å². The van der Waals surface area contributed by atoms with E-state index in [1.54, 1.807) is 0 Å². The van der Waals surface area contributed by atoms with Crippen LogP contribution in [0.5, 0.6) is 0 Å². The Morgan fingerprint density at radius 1 is 1.05 bits per heavy atom. The molecule has 3 heterocycles. The second-order valence-electron chi connectivity index (χ2n) is 5.67. The van der Waals surface area contributed by atoms with Crippen molar-refractivity contribution >= 4 is 16.7 Å². The van der Waals surface area contributed by atoms with E-state index in [4.69, 9.17) is 4.98 Å². The lowest BCUT2D eigenvalue weighted by Crippen LogP contribution is -2.33. The first-order valence-corrected chi connectivity index (χ1v) is 7.26. The van der Waals surface area contributed by atoms with Gasteiger partial charge in [0.1, 0.15) is 5.82 Å². The van der Waals surface area contributed by atoms with E-state index in [9.17, 15) is 0 Å². The molecule has 0 aliphatic carbocycles. The summed E-state index contributed by atoms with van der Waals surface area (Å²) in [5.74, 6) is 1.03. The van der Waals surface area contributed by atoms with E-state index in [1.165, 1.54) is 37.7 Å². The molecule has 2 atom stereocenters. The van der Waals surface area contributed by atoms with Crippen molar-refractivity contribution in [1.29, 1.82) is 0 Å². The summed E-state index contributed by atoms with van der Waals surface area (Å²) in [5, 5.41) is 4.86. The average molecular weight is 253 g/mol. The van der Waals surface area contributed by atoms with Gasteiger partial charge in [0.25, 0.3) is 0 Å². The van der Waals surface area contributed by atoms with E-state index in [0.717, 1.165) is 17.4 Å². The van der Waals surface area contributed by atoms with Crippen molar-refractivity contribution in [3.8, 4) is 0 Å². The highest BCUT2D eigenvalue weighted by Gasteiger charge is 2.37. The van der Waals surface area contributed by atoms with Gasteiger partial charge in [-0.15, -0.1) is 0 Å². The van der Waals surface area contributed by atoms with Gasteiger partial charge in [-0.25, -0.2) is 4.98 Å². The zero-order valence-electron chi connectivity index (χ0n) is 11.0. The van der Waals surface area contributed by atoms with E-state index < -0.39 is 0 Å². The molecule has 2 aromatic rings. The van der Waals surface area contributed by atoms with Crippen molar-refractivity contribution in [2.24, 2.45) is 0 Å². The summed E-state index contributed by atoms with van der Waals surface area (Å²) in [7, 11) is 0. The number of nitrogens with zero attached hydrogens (tertiary/aromatic N) is 2. The van der Waals surface area contributed by atoms with Gasteiger partial charge in [-0.1, -0.05) is 18.2 Å². The SMILES string of the molecule is c1ccc2nc(NC3CCN4CCCC34)ccc2c1. The van der Waals surface area contributed by atoms with Crippen LogP contribution in [-0.4, -0.2) is 35.1 Å². The summed E-state index contributed by atoms with van der Waals surface area (Å²) in [6, 6.07) is 13.9. The quantitative estimate of drug-likeness (QED) is 0.892. The lowest BCUT2D eigenvalue weighted by molar-refractivity contribution is 0.318. The maximum Gasteiger partial charge on any atom is 0.126 e. The van der Waals surface area contributed by atoms with Gasteiger partial charge in [-0.05, 0) is 44.0 Å². The van der Waals surface area contributed by atoms with Crippen molar-refractivity contribution in [2.75, 3.05) is 18.4 Å². The van der Waals surface area contributed by atoms with Gasteiger partial charge in [-0.2, -0.15) is 0 Å². The number of fused-ring (bicyclic) bond motifs is 2. The Morgan fingerprint density at radius 3 is 3.00 bits per heavy atom. The number of pyridine rings is 1. The van der Waals surface area contributed by atoms with Crippen molar-refractivity contribution in [3.05, 3.63) is 36.4 Å². The average Bonchev–Trinajstić information content (AvgIpc) is 3.04. The Morgan fingerprint density at radius 2 is 2.00 bits per heavy atom. The number of aromatic nitrogens is 1. The Hall–Kier alpha value is -1.61. The first-order valence-electron chi connectivity index (χ1n) is 7.26. The van der Waals surface area contributed by atoms with Gasteiger partial charge in [0.15, 0.2) is 0 Å². The van der Waals surface area contributed by atoms with Crippen molar-refractivity contribution in [3.63, 3.8) is 0 Å². The molecule has 2 aliphatic rings. The minimum Gasteiger partial charge on any atom is -0.366 e. The molecule has 2 aliphatic heterocycles. The van der Waals surface area contributed by atoms with Crippen molar-refractivity contribution in [2.45, 2.75) is 31.3 Å². The molecule has 2 unspecified atom stereocenters. The fourth-order valence-electron chi connectivity index (χ4n) is 3.59. The summed E-state index contributed by atoms with van der Waals surface area (Å²) >= 11 is 0. The molecule has 19 heavy (non-hydrogen) atoms. The summed E-state index contributed by atoms with van der Waals surface area (Å²) in [6.07, 6.45) is 3.94. The molecule has 1 aromatic heterocycles. The lowest BCUT2D eigenvalue weighted by atomic mass is 10.1. The van der Waals surface area contributed by atoms with Gasteiger partial charge < -0.3 is 5.32 Å². The molecular formula is C16H19N3. The molecule has 0 amide bonds. The minimum absolute atomic E-state index is 0.580. The zero-order valence-corrected chi connectivity index (χ0v) is 11.0. The van der Waals surface area contributed by atoms with Crippen LogP contribution in [0.3, 0.4) is 0 Å². The molecule has 0 radical (unpaired) electrons. The van der Waals surface area contributed by atoms with Crippen LogP contribution in [0.25, 0.3) is 10.9 Å². The van der Waals surface area contributed by atoms with Crippen LogP contribution in [0.4, 0.5) is 5.82 Å². The number of nitrogens with one attached hydrogen (secondary N) is 1. The number of rotatable bonds is 2. The minimum atomic E-state index is 0.580. The molecule has 0 saturated carbocycles. The van der Waals surface area contributed by atoms with Gasteiger partial charge in [0.05, 0.1) is 5.52 Å². The zero-order chi connectivity index (χ0) is 12.7. The van der Waals surface area contributed by atoms with Crippen LogP contribution in [0.2, 0.25) is 0 Å². The molecule has 0 bridgehead atoms. The summed E-state index contributed by atoms with van der Waals surface area (Å²) in [6.45, 7) is 2.53. The molecule has 2 saturated heterocycles. The topological polar surface area (TPSA) is 28.2 Å². The molecule has 1 aromatic carbocycles. The fraction of sp³-hybridized carbons (Fsp3) is 0.438. The van der Waals surface area contributed by atoms with Crippen molar-refractivity contribution < 1.29 is 0 Å². The number of hydrogen-bond donors (Lipinski definition) is 1. The smallest absolute Gasteiger partial charge is 0.126 e. The van der Waals surface area contributed by atoms with Gasteiger partial charge >= 0.3 is 0 Å². The molecule has 1 N–H and O–H groups in total. The highest BCUT2D eigenvalue weighted by Crippen LogP contribution is 2.30. The first kappa shape index (κ1) is 11.2. The van der Waals surface area contributed by atoms with Crippen LogP contribution in [0.15, 0.2) is 36.4 Å². The summed E-state index contributed by atoms with van der Waals surface area (Å²) in [4.78, 5) is 7.35. The normalized spacial score (nSPS) is 26.7. The maximum atomic E-state index is 4.72. The number of benzene rings is 1. The third-order valence-corrected chi connectivity index (χ3v) is 4.54. The largest absolute Gasteiger partial charge is 0.366 e. The Balaban J connectivity index is 1.58. The molecule has 2 fully saturated rings. The predicted molar refractivity (Wildman–Crippen MR) is 78.4 cm³/mol. The van der Waals surface area contributed by atoms with Gasteiger partial charge in [0, 0.05) is 24.0 Å². The second kappa shape index (κ2) is 4.49. The monoisotopic (exact) mass is 253 g/mol. The van der Waals surface area contributed by atoms with E-state index >= 15 is 0 Å². The lowest BCUT2D eigenvalue weighted by Gasteiger charge is -2.21. The van der Waals surface area contributed by atoms with Crippen LogP contribution in [-0.2, 0) is 0 Å². The second-order valence-corrected chi connectivity index (χ2v) is 5.67. The van der Waals surface area contributed by atoms with Gasteiger partial charge in [0.2, 0.25) is 0 Å². The molecule has 98 valence electrons. The van der Waals surface area contributed by atoms with E-state index in [1.807, 2.05) is 6.07 Å². The van der Waals surface area contributed by atoms with E-state index in [2.05, 4.69) is 40.5 Å². The predicted octanol–water partition coefficient (Wildman–Crippen LogP) is 2.88. The highest BCUT2D eigenvalue weighted by molar-refractivity contribution is 5.80. The number of para-hydroxylation sites is 1. The Kier molecular flexibility index (Phi) is 2.66. The third-order valence-electron chi connectivity index (χ3n) is 4.54. The van der Waals surface area contributed by atoms with Crippen LogP contribution < -0.4 is 5.32 Å². The van der Waals surface area contributed by atoms with Crippen LogP contribution in [0, 0.1) is 0 Å². The number of anilines is 1. The molecule has 3 nitrogen and oxygen atoms in total. The number of hydrogen-bond acceptors (Lipinski definition) is 3. The Bertz CT molecular complexity index is 595. The van der Waals surface area contributed by atoms with Crippen molar-refractivity contribution in [1.82, 2.24) is 9.88 Å². The standard InChI is InChI=1S/C16H19N3/c1-2-5-13-12(4-1)7-8-16(17-13)18-14-9-11-19-10-3-6-15(14)19/h1-2,4-5,7-8,14-15H,3,6,9-11H2,(H,17,18). The summed E-state index contributed by atoms with van der Waals surface area (Å²) in [5.41, 5.74) is 1.08. The molecule has 4 rings (SSSR count). The van der Waals surface area contributed by atoms with Crippen LogP contribution >= 0.6 is 0 Å². The highest BCUT2D eigenvalue weighted by atomic mass is 15.2. The first-order chi connectivity index (χ1) is 9.40.